The zero-order chi connectivity index (χ0) is 8.48. The van der Waals surface area contributed by atoms with Crippen LogP contribution in [0, 0.1) is 6.92 Å². The Morgan fingerprint density at radius 2 is 2.00 bits per heavy atom. The van der Waals surface area contributed by atoms with Crippen LogP contribution in [-0.2, 0) is 0 Å². The summed E-state index contributed by atoms with van der Waals surface area (Å²) in [5.74, 6) is 1.02. The fourth-order valence-corrected chi connectivity index (χ4v) is 1.43. The number of hydrogen-bond donors (Lipinski definition) is 0. The Hall–Kier alpha value is -0.500. The minimum Gasteiger partial charge on any atom is -0.487 e. The van der Waals surface area contributed by atoms with Gasteiger partial charge in [0.2, 0.25) is 0 Å². The number of thiophene rings is 1. The summed E-state index contributed by atoms with van der Waals surface area (Å²) >= 11 is 1.72. The van der Waals surface area contributed by atoms with Crippen LogP contribution in [0.15, 0.2) is 11.4 Å². The summed E-state index contributed by atoms with van der Waals surface area (Å²) in [6, 6.07) is 2.02. The highest BCUT2D eigenvalue weighted by Gasteiger charge is 2.13. The van der Waals surface area contributed by atoms with Crippen LogP contribution in [0.5, 0.6) is 5.75 Å². The highest BCUT2D eigenvalue weighted by atomic mass is 32.1. The molecule has 1 aromatic heterocycles. The molecule has 0 unspecified atom stereocenters. The predicted octanol–water partition coefficient (Wildman–Crippen LogP) is 3.23. The number of rotatable bonds is 1. The third-order valence-corrected chi connectivity index (χ3v) is 2.05. The van der Waals surface area contributed by atoms with E-state index in [2.05, 4.69) is 33.1 Å². The summed E-state index contributed by atoms with van der Waals surface area (Å²) in [6.45, 7) is 8.25. The first-order valence-corrected chi connectivity index (χ1v) is 4.60. The first kappa shape index (κ1) is 8.60. The summed E-state index contributed by atoms with van der Waals surface area (Å²) in [4.78, 5) is 1.25. The Kier molecular flexibility index (Phi) is 2.23. The minimum atomic E-state index is -0.0775. The van der Waals surface area contributed by atoms with Crippen LogP contribution in [0.3, 0.4) is 0 Å². The molecular weight excluding hydrogens is 156 g/mol. The molecule has 0 aliphatic carbocycles. The molecule has 1 heterocycles. The quantitative estimate of drug-likeness (QED) is 0.628. The molecule has 11 heavy (non-hydrogen) atoms. The van der Waals surface area contributed by atoms with Gasteiger partial charge in [-0.25, -0.2) is 0 Å². The Morgan fingerprint density at radius 1 is 1.36 bits per heavy atom. The van der Waals surface area contributed by atoms with Crippen molar-refractivity contribution in [3.63, 3.8) is 0 Å². The van der Waals surface area contributed by atoms with Gasteiger partial charge in [0.15, 0.2) is 0 Å². The average molecular weight is 170 g/mol. The van der Waals surface area contributed by atoms with E-state index in [4.69, 9.17) is 4.74 Å². The van der Waals surface area contributed by atoms with Gasteiger partial charge < -0.3 is 4.74 Å². The molecule has 0 amide bonds. The van der Waals surface area contributed by atoms with Crippen LogP contribution < -0.4 is 4.74 Å². The first-order chi connectivity index (χ1) is 4.99. The van der Waals surface area contributed by atoms with Crippen molar-refractivity contribution in [2.75, 3.05) is 0 Å². The number of hydrogen-bond acceptors (Lipinski definition) is 2. The maximum atomic E-state index is 5.68. The lowest BCUT2D eigenvalue weighted by atomic mass is 10.2. The maximum Gasteiger partial charge on any atom is 0.133 e. The molecule has 2 heteroatoms. The predicted molar refractivity (Wildman–Crippen MR) is 49.4 cm³/mol. The topological polar surface area (TPSA) is 9.23 Å². The van der Waals surface area contributed by atoms with E-state index in [1.807, 2.05) is 6.07 Å². The summed E-state index contributed by atoms with van der Waals surface area (Å²) < 4.78 is 5.68. The molecule has 0 aliphatic rings. The molecule has 0 fully saturated rings. The van der Waals surface area contributed by atoms with Gasteiger partial charge >= 0.3 is 0 Å². The molecule has 0 bridgehead atoms. The van der Waals surface area contributed by atoms with Crippen LogP contribution in [0.25, 0.3) is 0 Å². The van der Waals surface area contributed by atoms with E-state index < -0.39 is 0 Å². The number of aryl methyl sites for hydroxylation is 1. The van der Waals surface area contributed by atoms with Crippen molar-refractivity contribution in [2.45, 2.75) is 33.3 Å². The van der Waals surface area contributed by atoms with Crippen LogP contribution in [0.4, 0.5) is 0 Å². The van der Waals surface area contributed by atoms with Crippen molar-refractivity contribution >= 4 is 11.3 Å². The lowest BCUT2D eigenvalue weighted by Gasteiger charge is -2.20. The monoisotopic (exact) mass is 170 g/mol. The standard InChI is InChI=1S/C9H14OS/c1-7-8(5-6-11-7)10-9(2,3)4/h5-6H,1-4H3. The van der Waals surface area contributed by atoms with Crippen molar-refractivity contribution in [2.24, 2.45) is 0 Å². The van der Waals surface area contributed by atoms with Gasteiger partial charge in [-0.05, 0) is 39.1 Å². The summed E-state index contributed by atoms with van der Waals surface area (Å²) in [7, 11) is 0. The molecule has 0 aliphatic heterocycles. The highest BCUT2D eigenvalue weighted by Crippen LogP contribution is 2.26. The minimum absolute atomic E-state index is 0.0775. The fraction of sp³-hybridized carbons (Fsp3) is 0.556. The Morgan fingerprint density at radius 3 is 2.36 bits per heavy atom. The molecule has 0 saturated heterocycles. The molecule has 0 atom stereocenters. The van der Waals surface area contributed by atoms with Gasteiger partial charge in [-0.3, -0.25) is 0 Å². The van der Waals surface area contributed by atoms with E-state index in [1.54, 1.807) is 11.3 Å². The average Bonchev–Trinajstić information content (AvgIpc) is 2.12. The zero-order valence-electron chi connectivity index (χ0n) is 7.47. The molecular formula is C9H14OS. The van der Waals surface area contributed by atoms with E-state index in [9.17, 15) is 0 Å². The second kappa shape index (κ2) is 2.86. The van der Waals surface area contributed by atoms with E-state index in [0.29, 0.717) is 0 Å². The third kappa shape index (κ3) is 2.54. The smallest absolute Gasteiger partial charge is 0.133 e. The van der Waals surface area contributed by atoms with Gasteiger partial charge in [0.25, 0.3) is 0 Å². The first-order valence-electron chi connectivity index (χ1n) is 3.72. The van der Waals surface area contributed by atoms with Gasteiger partial charge in [-0.2, -0.15) is 0 Å². The Labute approximate surface area is 72.0 Å². The SMILES string of the molecule is Cc1sccc1OC(C)(C)C. The largest absolute Gasteiger partial charge is 0.487 e. The lowest BCUT2D eigenvalue weighted by Crippen LogP contribution is -2.22. The molecule has 62 valence electrons. The maximum absolute atomic E-state index is 5.68. The molecule has 0 spiro atoms. The van der Waals surface area contributed by atoms with Gasteiger partial charge in [0.1, 0.15) is 11.4 Å². The van der Waals surface area contributed by atoms with Crippen molar-refractivity contribution in [3.8, 4) is 5.75 Å². The zero-order valence-corrected chi connectivity index (χ0v) is 8.29. The van der Waals surface area contributed by atoms with E-state index in [1.165, 1.54) is 4.88 Å². The molecule has 0 radical (unpaired) electrons. The summed E-state index contributed by atoms with van der Waals surface area (Å²) in [6.07, 6.45) is 0. The van der Waals surface area contributed by atoms with Crippen molar-refractivity contribution in [1.82, 2.24) is 0 Å². The summed E-state index contributed by atoms with van der Waals surface area (Å²) in [5, 5.41) is 2.05. The molecule has 1 rings (SSSR count). The van der Waals surface area contributed by atoms with Crippen LogP contribution in [-0.4, -0.2) is 5.60 Å². The van der Waals surface area contributed by atoms with E-state index in [0.717, 1.165) is 5.75 Å². The third-order valence-electron chi connectivity index (χ3n) is 1.23. The second-order valence-corrected chi connectivity index (χ2v) is 4.68. The van der Waals surface area contributed by atoms with Crippen LogP contribution >= 0.6 is 11.3 Å². The van der Waals surface area contributed by atoms with Gasteiger partial charge in [-0.15, -0.1) is 11.3 Å². The number of ether oxygens (including phenoxy) is 1. The fourth-order valence-electron chi connectivity index (χ4n) is 0.809. The van der Waals surface area contributed by atoms with Gasteiger partial charge in [-0.1, -0.05) is 0 Å². The molecule has 1 aromatic rings. The van der Waals surface area contributed by atoms with Crippen LogP contribution in [0.1, 0.15) is 25.6 Å². The Balaban J connectivity index is 2.72. The second-order valence-electron chi connectivity index (χ2n) is 3.56. The Bertz CT molecular complexity index is 232. The molecule has 1 nitrogen and oxygen atoms in total. The molecule has 0 saturated carbocycles. The van der Waals surface area contributed by atoms with Crippen LogP contribution in [0.2, 0.25) is 0 Å². The van der Waals surface area contributed by atoms with Crippen molar-refractivity contribution < 1.29 is 4.74 Å². The van der Waals surface area contributed by atoms with E-state index in [-0.39, 0.29) is 5.60 Å². The normalized spacial score (nSPS) is 11.6. The molecule has 0 aromatic carbocycles. The van der Waals surface area contributed by atoms with Crippen molar-refractivity contribution in [1.29, 1.82) is 0 Å². The molecule has 0 N–H and O–H groups in total. The highest BCUT2D eigenvalue weighted by molar-refractivity contribution is 7.10. The summed E-state index contributed by atoms with van der Waals surface area (Å²) in [5.41, 5.74) is -0.0775. The van der Waals surface area contributed by atoms with E-state index >= 15 is 0 Å². The van der Waals surface area contributed by atoms with Crippen molar-refractivity contribution in [3.05, 3.63) is 16.3 Å². The lowest BCUT2D eigenvalue weighted by molar-refractivity contribution is 0.130. The van der Waals surface area contributed by atoms with Gasteiger partial charge in [0, 0.05) is 4.88 Å². The van der Waals surface area contributed by atoms with Gasteiger partial charge in [0.05, 0.1) is 0 Å².